The Morgan fingerprint density at radius 2 is 2.35 bits per heavy atom. The molecule has 1 aliphatic heterocycles. The smallest absolute Gasteiger partial charge is 0.329 e. The van der Waals surface area contributed by atoms with E-state index in [0.29, 0.717) is 31.2 Å². The van der Waals surface area contributed by atoms with E-state index in [-0.39, 0.29) is 0 Å². The molecule has 2 heterocycles. The quantitative estimate of drug-likeness (QED) is 0.858. The van der Waals surface area contributed by atoms with Crippen molar-refractivity contribution in [2.24, 2.45) is 0 Å². The number of nitrogens with zero attached hydrogens (tertiary/aromatic N) is 1. The van der Waals surface area contributed by atoms with Crippen LogP contribution in [0.5, 0.6) is 0 Å². The summed E-state index contributed by atoms with van der Waals surface area (Å²) in [5, 5.41) is 15.1. The molecule has 1 aromatic rings. The second kappa shape index (κ2) is 5.01. The van der Waals surface area contributed by atoms with Crippen LogP contribution in [0.2, 0.25) is 0 Å². The SMILES string of the molecule is CCc1csc(NC2(C(=O)O)CCOCC2)n1. The molecule has 2 N–H and O–H groups in total. The van der Waals surface area contributed by atoms with Gasteiger partial charge in [0.05, 0.1) is 5.69 Å². The first-order chi connectivity index (χ1) is 8.16. The van der Waals surface area contributed by atoms with Gasteiger partial charge in [0, 0.05) is 31.4 Å². The van der Waals surface area contributed by atoms with Crippen LogP contribution in [-0.4, -0.2) is 34.8 Å². The minimum atomic E-state index is -0.916. The van der Waals surface area contributed by atoms with Gasteiger partial charge in [0.15, 0.2) is 5.13 Å². The first-order valence-corrected chi connectivity index (χ1v) is 6.58. The number of aryl methyl sites for hydroxylation is 1. The fourth-order valence-corrected chi connectivity index (χ4v) is 2.73. The summed E-state index contributed by atoms with van der Waals surface area (Å²) >= 11 is 1.46. The molecule has 1 aromatic heterocycles. The highest BCUT2D eigenvalue weighted by Crippen LogP contribution is 2.28. The number of hydrogen-bond acceptors (Lipinski definition) is 5. The molecule has 1 saturated heterocycles. The first kappa shape index (κ1) is 12.3. The van der Waals surface area contributed by atoms with Crippen LogP contribution in [0.4, 0.5) is 5.13 Å². The van der Waals surface area contributed by atoms with E-state index in [2.05, 4.69) is 10.3 Å². The maximum absolute atomic E-state index is 11.4. The number of anilines is 1. The fourth-order valence-electron chi connectivity index (χ4n) is 1.84. The molecule has 0 aliphatic carbocycles. The number of thiazole rings is 1. The van der Waals surface area contributed by atoms with Gasteiger partial charge in [0.2, 0.25) is 0 Å². The number of aliphatic carboxylic acids is 1. The van der Waals surface area contributed by atoms with Gasteiger partial charge in [-0.1, -0.05) is 6.92 Å². The number of nitrogens with one attached hydrogen (secondary N) is 1. The van der Waals surface area contributed by atoms with Gasteiger partial charge in [-0.15, -0.1) is 11.3 Å². The third kappa shape index (κ3) is 2.58. The first-order valence-electron chi connectivity index (χ1n) is 5.70. The molecule has 2 rings (SSSR count). The van der Waals surface area contributed by atoms with Gasteiger partial charge in [-0.2, -0.15) is 0 Å². The number of carbonyl (C=O) groups is 1. The molecule has 6 heteroatoms. The number of aromatic nitrogens is 1. The Morgan fingerprint density at radius 1 is 1.65 bits per heavy atom. The minimum Gasteiger partial charge on any atom is -0.480 e. The summed E-state index contributed by atoms with van der Waals surface area (Å²) in [6.07, 6.45) is 1.81. The molecule has 0 amide bonds. The zero-order chi connectivity index (χ0) is 12.3. The largest absolute Gasteiger partial charge is 0.480 e. The number of ether oxygens (including phenoxy) is 1. The van der Waals surface area contributed by atoms with Crippen LogP contribution in [-0.2, 0) is 16.0 Å². The summed E-state index contributed by atoms with van der Waals surface area (Å²) in [5.74, 6) is -0.825. The molecule has 1 aliphatic rings. The van der Waals surface area contributed by atoms with Gasteiger partial charge in [0.25, 0.3) is 0 Å². The maximum Gasteiger partial charge on any atom is 0.329 e. The summed E-state index contributed by atoms with van der Waals surface area (Å²) in [6.45, 7) is 2.98. The van der Waals surface area contributed by atoms with Crippen molar-refractivity contribution in [2.75, 3.05) is 18.5 Å². The normalized spacial score (nSPS) is 18.9. The van der Waals surface area contributed by atoms with Crippen molar-refractivity contribution < 1.29 is 14.6 Å². The Balaban J connectivity index is 2.14. The van der Waals surface area contributed by atoms with Gasteiger partial charge in [0.1, 0.15) is 5.54 Å². The van der Waals surface area contributed by atoms with Gasteiger partial charge in [-0.05, 0) is 6.42 Å². The van der Waals surface area contributed by atoms with E-state index in [1.54, 1.807) is 0 Å². The molecule has 0 bridgehead atoms. The fraction of sp³-hybridized carbons (Fsp3) is 0.636. The molecule has 0 saturated carbocycles. The molecule has 0 unspecified atom stereocenters. The summed E-state index contributed by atoms with van der Waals surface area (Å²) in [5.41, 5.74) is 0.0753. The van der Waals surface area contributed by atoms with E-state index < -0.39 is 11.5 Å². The van der Waals surface area contributed by atoms with E-state index in [1.165, 1.54) is 11.3 Å². The highest BCUT2D eigenvalue weighted by molar-refractivity contribution is 7.13. The topological polar surface area (TPSA) is 71.5 Å². The third-order valence-electron chi connectivity index (χ3n) is 3.02. The number of rotatable bonds is 4. The van der Waals surface area contributed by atoms with Crippen LogP contribution in [0.1, 0.15) is 25.5 Å². The minimum absolute atomic E-state index is 0.476. The average Bonchev–Trinajstić information content (AvgIpc) is 2.77. The Morgan fingerprint density at radius 3 is 2.88 bits per heavy atom. The summed E-state index contributed by atoms with van der Waals surface area (Å²) in [4.78, 5) is 15.8. The lowest BCUT2D eigenvalue weighted by atomic mass is 9.90. The molecule has 0 radical (unpaired) electrons. The zero-order valence-corrected chi connectivity index (χ0v) is 10.5. The number of hydrogen-bond donors (Lipinski definition) is 2. The van der Waals surface area contributed by atoms with Crippen LogP contribution in [0.15, 0.2) is 5.38 Å². The molecule has 0 spiro atoms. The van der Waals surface area contributed by atoms with E-state index in [1.807, 2.05) is 12.3 Å². The highest BCUT2D eigenvalue weighted by Gasteiger charge is 2.40. The second-order valence-corrected chi connectivity index (χ2v) is 4.98. The predicted molar refractivity (Wildman–Crippen MR) is 65.5 cm³/mol. The van der Waals surface area contributed by atoms with Crippen LogP contribution >= 0.6 is 11.3 Å². The average molecular weight is 256 g/mol. The van der Waals surface area contributed by atoms with Gasteiger partial charge in [-0.25, -0.2) is 9.78 Å². The summed E-state index contributed by atoms with van der Waals surface area (Å²) in [6, 6.07) is 0. The molecule has 94 valence electrons. The van der Waals surface area contributed by atoms with Crippen molar-refractivity contribution in [3.63, 3.8) is 0 Å². The lowest BCUT2D eigenvalue weighted by molar-refractivity contribution is -0.145. The van der Waals surface area contributed by atoms with E-state index in [0.717, 1.165) is 12.1 Å². The second-order valence-electron chi connectivity index (χ2n) is 4.12. The Kier molecular flexibility index (Phi) is 3.63. The van der Waals surface area contributed by atoms with Crippen LogP contribution in [0.25, 0.3) is 0 Å². The van der Waals surface area contributed by atoms with E-state index >= 15 is 0 Å². The van der Waals surface area contributed by atoms with Crippen LogP contribution < -0.4 is 5.32 Å². The molecule has 17 heavy (non-hydrogen) atoms. The Labute approximate surface area is 104 Å². The molecule has 5 nitrogen and oxygen atoms in total. The van der Waals surface area contributed by atoms with Crippen molar-refractivity contribution >= 4 is 22.4 Å². The van der Waals surface area contributed by atoms with Crippen molar-refractivity contribution in [3.8, 4) is 0 Å². The number of carboxylic acids is 1. The monoisotopic (exact) mass is 256 g/mol. The number of carboxylic acid groups (broad SMARTS) is 1. The van der Waals surface area contributed by atoms with Crippen molar-refractivity contribution in [3.05, 3.63) is 11.1 Å². The zero-order valence-electron chi connectivity index (χ0n) is 9.73. The van der Waals surface area contributed by atoms with Crippen LogP contribution in [0, 0.1) is 0 Å². The van der Waals surface area contributed by atoms with Gasteiger partial charge < -0.3 is 15.2 Å². The van der Waals surface area contributed by atoms with Gasteiger partial charge in [-0.3, -0.25) is 0 Å². The van der Waals surface area contributed by atoms with Crippen molar-refractivity contribution in [1.29, 1.82) is 0 Å². The molecule has 0 atom stereocenters. The third-order valence-corrected chi connectivity index (χ3v) is 3.82. The molecule has 1 fully saturated rings. The van der Waals surface area contributed by atoms with E-state index in [9.17, 15) is 9.90 Å². The Bertz CT molecular complexity index is 399. The summed E-state index contributed by atoms with van der Waals surface area (Å²) in [7, 11) is 0. The van der Waals surface area contributed by atoms with Gasteiger partial charge >= 0.3 is 5.97 Å². The summed E-state index contributed by atoms with van der Waals surface area (Å²) < 4.78 is 5.22. The van der Waals surface area contributed by atoms with E-state index in [4.69, 9.17) is 4.74 Å². The highest BCUT2D eigenvalue weighted by atomic mass is 32.1. The molecule has 0 aromatic carbocycles. The Hall–Kier alpha value is -1.14. The molecular formula is C11H16N2O3S. The molecular weight excluding hydrogens is 240 g/mol. The lowest BCUT2D eigenvalue weighted by Crippen LogP contribution is -2.50. The predicted octanol–water partition coefficient (Wildman–Crippen LogP) is 1.75. The lowest BCUT2D eigenvalue weighted by Gasteiger charge is -2.33. The standard InChI is InChI=1S/C11H16N2O3S/c1-2-8-7-17-10(12-8)13-11(9(14)15)3-5-16-6-4-11/h7H,2-6H2,1H3,(H,12,13)(H,14,15). The van der Waals surface area contributed by atoms with Crippen molar-refractivity contribution in [1.82, 2.24) is 4.98 Å². The maximum atomic E-state index is 11.4. The van der Waals surface area contributed by atoms with Crippen molar-refractivity contribution in [2.45, 2.75) is 31.7 Å². The van der Waals surface area contributed by atoms with Crippen LogP contribution in [0.3, 0.4) is 0 Å².